The molecule has 0 atom stereocenters. The van der Waals surface area contributed by atoms with E-state index in [2.05, 4.69) is 58.5 Å². The topological polar surface area (TPSA) is 60.4 Å². The Morgan fingerprint density at radius 1 is 1.00 bits per heavy atom. The summed E-state index contributed by atoms with van der Waals surface area (Å²) >= 11 is 0. The van der Waals surface area contributed by atoms with E-state index in [9.17, 15) is 0 Å². The van der Waals surface area contributed by atoms with Crippen LogP contribution in [-0.2, 0) is 6.42 Å². The Hall–Kier alpha value is -2.93. The van der Waals surface area contributed by atoms with Gasteiger partial charge in [0.25, 0.3) is 0 Å². The molecular formula is C29H39N7. The molecule has 0 amide bonds. The van der Waals surface area contributed by atoms with Crippen molar-refractivity contribution in [2.24, 2.45) is 5.41 Å². The standard InChI is InChI=1S/C29H39N7/c1-20(2)35-12-14-36(15-13-35)23-8-9-25(30-19-23)32-28-31-18-22-16-24-26(27(22)33-28)29(10-6-5-7-11-29)17-21(3)34(24)4/h8-9,18-20H,3,5-7,10-17H2,1-2,4H3,(H,30,31,32,33). The highest BCUT2D eigenvalue weighted by atomic mass is 15.3. The fraction of sp³-hybridized carbons (Fsp3) is 0.552. The molecule has 36 heavy (non-hydrogen) atoms. The maximum absolute atomic E-state index is 5.09. The zero-order valence-electron chi connectivity index (χ0n) is 22.1. The van der Waals surface area contributed by atoms with Gasteiger partial charge in [-0.05, 0) is 45.2 Å². The Morgan fingerprint density at radius 3 is 2.47 bits per heavy atom. The molecule has 2 aromatic heterocycles. The second-order valence-corrected chi connectivity index (χ2v) is 11.4. The van der Waals surface area contributed by atoms with Gasteiger partial charge in [-0.1, -0.05) is 25.8 Å². The first kappa shape index (κ1) is 23.5. The highest BCUT2D eigenvalue weighted by molar-refractivity contribution is 5.79. The van der Waals surface area contributed by atoms with E-state index in [1.165, 1.54) is 60.3 Å². The third-order valence-electron chi connectivity index (χ3n) is 8.91. The van der Waals surface area contributed by atoms with E-state index in [1.807, 2.05) is 18.5 Å². The van der Waals surface area contributed by atoms with Crippen LogP contribution in [0.15, 0.2) is 42.5 Å². The van der Waals surface area contributed by atoms with E-state index in [0.717, 1.165) is 50.5 Å². The molecule has 6 rings (SSSR count). The zero-order valence-corrected chi connectivity index (χ0v) is 22.1. The average Bonchev–Trinajstić information content (AvgIpc) is 3.29. The van der Waals surface area contributed by atoms with Crippen LogP contribution in [0.5, 0.6) is 0 Å². The molecule has 4 heterocycles. The minimum atomic E-state index is 0.188. The lowest BCUT2D eigenvalue weighted by Gasteiger charge is -2.46. The van der Waals surface area contributed by atoms with Gasteiger partial charge in [0.15, 0.2) is 0 Å². The number of nitrogens with one attached hydrogen (secondary N) is 1. The second-order valence-electron chi connectivity index (χ2n) is 11.4. The number of anilines is 3. The molecule has 1 N–H and O–H groups in total. The van der Waals surface area contributed by atoms with Crippen LogP contribution in [0.4, 0.5) is 17.5 Å². The van der Waals surface area contributed by atoms with Crippen LogP contribution >= 0.6 is 0 Å². The van der Waals surface area contributed by atoms with Gasteiger partial charge in [-0.15, -0.1) is 0 Å². The number of likely N-dealkylation sites (N-methyl/N-ethyl adjacent to an activating group) is 1. The molecule has 7 nitrogen and oxygen atoms in total. The summed E-state index contributed by atoms with van der Waals surface area (Å²) in [7, 11) is 2.17. The minimum Gasteiger partial charge on any atom is -0.368 e. The number of fused-ring (bicyclic) bond motifs is 3. The van der Waals surface area contributed by atoms with Crippen molar-refractivity contribution in [1.29, 1.82) is 0 Å². The highest BCUT2D eigenvalue weighted by Gasteiger charge is 2.46. The third kappa shape index (κ3) is 4.07. The number of nitrogens with zero attached hydrogens (tertiary/aromatic N) is 6. The molecular weight excluding hydrogens is 446 g/mol. The summed E-state index contributed by atoms with van der Waals surface area (Å²) in [5.74, 6) is 1.42. The molecule has 4 aliphatic rings. The monoisotopic (exact) mass is 485 g/mol. The first-order valence-electron chi connectivity index (χ1n) is 13.7. The molecule has 1 spiro atoms. The molecule has 2 aliphatic carbocycles. The van der Waals surface area contributed by atoms with Crippen LogP contribution in [0, 0.1) is 5.41 Å². The van der Waals surface area contributed by atoms with E-state index in [-0.39, 0.29) is 5.41 Å². The van der Waals surface area contributed by atoms with Crippen LogP contribution < -0.4 is 10.2 Å². The molecule has 0 radical (unpaired) electrons. The first-order valence-corrected chi connectivity index (χ1v) is 13.7. The van der Waals surface area contributed by atoms with Gasteiger partial charge < -0.3 is 15.1 Å². The number of rotatable bonds is 4. The lowest BCUT2D eigenvalue weighted by atomic mass is 9.64. The molecule has 2 fully saturated rings. The molecule has 190 valence electrons. The number of allylic oxidation sites excluding steroid dienone is 3. The maximum Gasteiger partial charge on any atom is 0.228 e. The van der Waals surface area contributed by atoms with Gasteiger partial charge in [0.05, 0.1) is 17.6 Å². The van der Waals surface area contributed by atoms with Crippen LogP contribution in [0.1, 0.15) is 63.6 Å². The molecule has 2 aromatic rings. The van der Waals surface area contributed by atoms with Crippen molar-refractivity contribution >= 4 is 23.0 Å². The van der Waals surface area contributed by atoms with Crippen molar-refractivity contribution in [3.05, 3.63) is 53.8 Å². The Balaban J connectivity index is 1.22. The summed E-state index contributed by atoms with van der Waals surface area (Å²) in [6.07, 6.45) is 12.3. The van der Waals surface area contributed by atoms with Crippen molar-refractivity contribution in [2.75, 3.05) is 43.4 Å². The van der Waals surface area contributed by atoms with Gasteiger partial charge in [0, 0.05) is 79.8 Å². The van der Waals surface area contributed by atoms with E-state index in [1.54, 1.807) is 0 Å². The maximum atomic E-state index is 5.09. The smallest absolute Gasteiger partial charge is 0.228 e. The van der Waals surface area contributed by atoms with Crippen molar-refractivity contribution in [1.82, 2.24) is 24.8 Å². The Morgan fingerprint density at radius 2 is 1.78 bits per heavy atom. The molecule has 1 saturated carbocycles. The summed E-state index contributed by atoms with van der Waals surface area (Å²) in [4.78, 5) is 21.7. The highest BCUT2D eigenvalue weighted by Crippen LogP contribution is 2.58. The molecule has 0 bridgehead atoms. The number of aromatic nitrogens is 3. The van der Waals surface area contributed by atoms with Crippen LogP contribution in [0.2, 0.25) is 0 Å². The van der Waals surface area contributed by atoms with Gasteiger partial charge in [0.2, 0.25) is 5.95 Å². The lowest BCUT2D eigenvalue weighted by molar-refractivity contribution is 0.209. The quantitative estimate of drug-likeness (QED) is 0.638. The molecule has 7 heteroatoms. The normalized spacial score (nSPS) is 21.8. The van der Waals surface area contributed by atoms with Crippen LogP contribution in [0.3, 0.4) is 0 Å². The van der Waals surface area contributed by atoms with Crippen molar-refractivity contribution in [3.63, 3.8) is 0 Å². The van der Waals surface area contributed by atoms with Gasteiger partial charge >= 0.3 is 0 Å². The average molecular weight is 486 g/mol. The third-order valence-corrected chi connectivity index (χ3v) is 8.91. The minimum absolute atomic E-state index is 0.188. The number of piperazine rings is 1. The van der Waals surface area contributed by atoms with E-state index < -0.39 is 0 Å². The first-order chi connectivity index (χ1) is 17.4. The zero-order chi connectivity index (χ0) is 24.9. The second kappa shape index (κ2) is 9.18. The molecule has 2 aliphatic heterocycles. The largest absolute Gasteiger partial charge is 0.368 e. The van der Waals surface area contributed by atoms with Crippen molar-refractivity contribution in [2.45, 2.75) is 64.8 Å². The number of hydrogen-bond donors (Lipinski definition) is 1. The van der Waals surface area contributed by atoms with E-state index >= 15 is 0 Å². The SMILES string of the molecule is C=C1CC2(CCCCC2)C2=C(Cc3cnc(Nc4ccc(N5CCN(C(C)C)CC5)cn4)nc32)N1C. The summed E-state index contributed by atoms with van der Waals surface area (Å²) in [5, 5.41) is 3.38. The number of hydrogen-bond acceptors (Lipinski definition) is 7. The van der Waals surface area contributed by atoms with Crippen molar-refractivity contribution < 1.29 is 0 Å². The Bertz CT molecular complexity index is 1170. The van der Waals surface area contributed by atoms with E-state index in [4.69, 9.17) is 9.97 Å². The molecule has 0 aromatic carbocycles. The summed E-state index contributed by atoms with van der Waals surface area (Å²) < 4.78 is 0. The van der Waals surface area contributed by atoms with E-state index in [0.29, 0.717) is 12.0 Å². The predicted octanol–water partition coefficient (Wildman–Crippen LogP) is 5.21. The summed E-state index contributed by atoms with van der Waals surface area (Å²) in [6, 6.07) is 4.82. The van der Waals surface area contributed by atoms with Crippen LogP contribution in [-0.4, -0.2) is 64.0 Å². The van der Waals surface area contributed by atoms with Gasteiger partial charge in [-0.2, -0.15) is 0 Å². The lowest BCUT2D eigenvalue weighted by Crippen LogP contribution is -2.48. The number of pyridine rings is 1. The molecule has 0 unspecified atom stereocenters. The molecule has 1 saturated heterocycles. The summed E-state index contributed by atoms with van der Waals surface area (Å²) in [6.45, 7) is 13.3. The van der Waals surface area contributed by atoms with Crippen LogP contribution in [0.25, 0.3) is 5.57 Å². The fourth-order valence-electron chi connectivity index (χ4n) is 6.76. The van der Waals surface area contributed by atoms with Gasteiger partial charge in [0.1, 0.15) is 5.82 Å². The van der Waals surface area contributed by atoms with Crippen molar-refractivity contribution in [3.8, 4) is 0 Å². The fourth-order valence-corrected chi connectivity index (χ4v) is 6.76. The predicted molar refractivity (Wildman–Crippen MR) is 146 cm³/mol. The Labute approximate surface area is 215 Å². The Kier molecular flexibility index (Phi) is 5.98. The van der Waals surface area contributed by atoms with Gasteiger partial charge in [-0.25, -0.2) is 15.0 Å². The summed E-state index contributed by atoms with van der Waals surface area (Å²) in [5.41, 5.74) is 7.83. The van der Waals surface area contributed by atoms with Gasteiger partial charge in [-0.3, -0.25) is 4.90 Å².